The van der Waals surface area contributed by atoms with E-state index in [0.717, 1.165) is 54.3 Å². The SMILES string of the molecule is CCn1nc(C)c(-c2cc(C(=O)N3CCCC(Cc4nncn4-c4ccccc4)C3)no2)c1C. The molecule has 9 heteroatoms. The van der Waals surface area contributed by atoms with Crippen molar-refractivity contribution in [1.29, 1.82) is 0 Å². The van der Waals surface area contributed by atoms with Crippen LogP contribution in [0, 0.1) is 19.8 Å². The predicted octanol–water partition coefficient (Wildman–Crippen LogP) is 3.85. The standard InChI is InChI=1S/C25H29N7O2/c1-4-32-18(3)24(17(2)28-32)22-14-21(29-34-22)25(33)30-12-8-9-19(15-30)13-23-27-26-16-31(23)20-10-6-5-7-11-20/h5-7,10-11,14,16,19H,4,8-9,12-13,15H2,1-3H3. The summed E-state index contributed by atoms with van der Waals surface area (Å²) in [5, 5.41) is 17.1. The van der Waals surface area contributed by atoms with Crippen molar-refractivity contribution in [3.63, 3.8) is 0 Å². The lowest BCUT2D eigenvalue weighted by atomic mass is 9.94. The van der Waals surface area contributed by atoms with Crippen LogP contribution in [0.2, 0.25) is 0 Å². The fourth-order valence-electron chi connectivity index (χ4n) is 4.89. The molecule has 0 spiro atoms. The summed E-state index contributed by atoms with van der Waals surface area (Å²) in [6.45, 7) is 8.16. The van der Waals surface area contributed by atoms with Crippen molar-refractivity contribution in [2.24, 2.45) is 5.92 Å². The summed E-state index contributed by atoms with van der Waals surface area (Å²) in [4.78, 5) is 15.1. The number of hydrogen-bond donors (Lipinski definition) is 0. The van der Waals surface area contributed by atoms with E-state index in [1.165, 1.54) is 0 Å². The maximum absolute atomic E-state index is 13.3. The molecule has 0 radical (unpaired) electrons. The highest BCUT2D eigenvalue weighted by molar-refractivity contribution is 5.93. The van der Waals surface area contributed by atoms with E-state index in [-0.39, 0.29) is 5.91 Å². The van der Waals surface area contributed by atoms with E-state index in [4.69, 9.17) is 4.52 Å². The van der Waals surface area contributed by atoms with Gasteiger partial charge in [-0.2, -0.15) is 5.10 Å². The van der Waals surface area contributed by atoms with E-state index in [1.54, 1.807) is 12.4 Å². The normalized spacial score (nSPS) is 16.2. The van der Waals surface area contributed by atoms with Crippen LogP contribution in [-0.2, 0) is 13.0 Å². The summed E-state index contributed by atoms with van der Waals surface area (Å²) in [5.74, 6) is 1.71. The van der Waals surface area contributed by atoms with Gasteiger partial charge in [0.15, 0.2) is 11.5 Å². The minimum Gasteiger partial charge on any atom is -0.355 e. The zero-order valence-electron chi connectivity index (χ0n) is 19.8. The molecule has 9 nitrogen and oxygen atoms in total. The first-order chi connectivity index (χ1) is 16.5. The van der Waals surface area contributed by atoms with Crippen LogP contribution in [0.1, 0.15) is 47.5 Å². The molecule has 176 valence electrons. The number of carbonyl (C=O) groups is 1. The summed E-state index contributed by atoms with van der Waals surface area (Å²) in [7, 11) is 0. The average molecular weight is 460 g/mol. The smallest absolute Gasteiger partial charge is 0.276 e. The van der Waals surface area contributed by atoms with Gasteiger partial charge < -0.3 is 9.42 Å². The highest BCUT2D eigenvalue weighted by Gasteiger charge is 2.28. The molecule has 1 atom stereocenters. The van der Waals surface area contributed by atoms with E-state index in [2.05, 4.69) is 20.5 Å². The first kappa shape index (κ1) is 22.1. The molecule has 1 amide bonds. The Bertz CT molecular complexity index is 1290. The quantitative estimate of drug-likeness (QED) is 0.435. The number of piperidine rings is 1. The Morgan fingerprint density at radius 2 is 2.03 bits per heavy atom. The second-order valence-electron chi connectivity index (χ2n) is 8.85. The largest absolute Gasteiger partial charge is 0.355 e. The van der Waals surface area contributed by atoms with Gasteiger partial charge in [-0.1, -0.05) is 23.4 Å². The van der Waals surface area contributed by atoms with Crippen molar-refractivity contribution in [2.75, 3.05) is 13.1 Å². The Kier molecular flexibility index (Phi) is 6.00. The van der Waals surface area contributed by atoms with E-state index in [0.29, 0.717) is 30.5 Å². The number of carbonyl (C=O) groups excluding carboxylic acids is 1. The van der Waals surface area contributed by atoms with Crippen molar-refractivity contribution < 1.29 is 9.32 Å². The molecule has 0 saturated carbocycles. The average Bonchev–Trinajstić information content (AvgIpc) is 3.58. The number of nitrogens with zero attached hydrogens (tertiary/aromatic N) is 7. The van der Waals surface area contributed by atoms with Gasteiger partial charge in [0.25, 0.3) is 5.91 Å². The number of amides is 1. The molecule has 1 fully saturated rings. The number of likely N-dealkylation sites (tertiary alicyclic amines) is 1. The Hall–Kier alpha value is -3.75. The minimum absolute atomic E-state index is 0.0950. The van der Waals surface area contributed by atoms with E-state index in [9.17, 15) is 4.79 Å². The number of rotatable bonds is 6. The monoisotopic (exact) mass is 459 g/mol. The minimum atomic E-state index is -0.0950. The molecular weight excluding hydrogens is 430 g/mol. The van der Waals surface area contributed by atoms with E-state index in [1.807, 2.05) is 65.3 Å². The number of aromatic nitrogens is 6. The molecule has 1 aliphatic rings. The summed E-state index contributed by atoms with van der Waals surface area (Å²) in [5.41, 5.74) is 4.17. The van der Waals surface area contributed by atoms with Crippen molar-refractivity contribution >= 4 is 5.91 Å². The maximum atomic E-state index is 13.3. The molecule has 0 N–H and O–H groups in total. The molecule has 1 aromatic carbocycles. The number of benzene rings is 1. The van der Waals surface area contributed by atoms with Gasteiger partial charge in [-0.15, -0.1) is 10.2 Å². The fourth-order valence-corrected chi connectivity index (χ4v) is 4.89. The third-order valence-electron chi connectivity index (χ3n) is 6.59. The molecular formula is C25H29N7O2. The van der Waals surface area contributed by atoms with Crippen LogP contribution in [0.5, 0.6) is 0 Å². The lowest BCUT2D eigenvalue weighted by Gasteiger charge is -2.32. The van der Waals surface area contributed by atoms with Gasteiger partial charge >= 0.3 is 0 Å². The van der Waals surface area contributed by atoms with Crippen LogP contribution in [0.15, 0.2) is 47.2 Å². The van der Waals surface area contributed by atoms with Crippen LogP contribution in [0.4, 0.5) is 0 Å². The highest BCUT2D eigenvalue weighted by Crippen LogP contribution is 2.29. The number of hydrogen-bond acceptors (Lipinski definition) is 6. The third kappa shape index (κ3) is 4.13. The van der Waals surface area contributed by atoms with Gasteiger partial charge in [-0.3, -0.25) is 14.0 Å². The van der Waals surface area contributed by atoms with Crippen LogP contribution in [0.25, 0.3) is 17.0 Å². The summed E-state index contributed by atoms with van der Waals surface area (Å²) < 4.78 is 9.53. The van der Waals surface area contributed by atoms with Crippen LogP contribution in [0.3, 0.4) is 0 Å². The van der Waals surface area contributed by atoms with Crippen molar-refractivity contribution in [1.82, 2.24) is 34.6 Å². The van der Waals surface area contributed by atoms with Crippen LogP contribution >= 0.6 is 0 Å². The first-order valence-corrected chi connectivity index (χ1v) is 11.8. The molecule has 4 heterocycles. The highest BCUT2D eigenvalue weighted by atomic mass is 16.5. The number of para-hydroxylation sites is 1. The second kappa shape index (κ2) is 9.24. The molecule has 0 aliphatic carbocycles. The van der Waals surface area contributed by atoms with E-state index < -0.39 is 0 Å². The Morgan fingerprint density at radius 1 is 1.21 bits per heavy atom. The summed E-state index contributed by atoms with van der Waals surface area (Å²) in [6.07, 6.45) is 4.50. The van der Waals surface area contributed by atoms with Gasteiger partial charge in [0, 0.05) is 43.5 Å². The summed E-state index contributed by atoms with van der Waals surface area (Å²) >= 11 is 0. The lowest BCUT2D eigenvalue weighted by molar-refractivity contribution is 0.0661. The van der Waals surface area contributed by atoms with Crippen molar-refractivity contribution in [2.45, 2.75) is 46.6 Å². The maximum Gasteiger partial charge on any atom is 0.276 e. The molecule has 4 aromatic rings. The second-order valence-corrected chi connectivity index (χ2v) is 8.85. The molecule has 34 heavy (non-hydrogen) atoms. The molecule has 3 aromatic heterocycles. The topological polar surface area (TPSA) is 94.9 Å². The molecule has 1 saturated heterocycles. The van der Waals surface area contributed by atoms with E-state index >= 15 is 0 Å². The lowest BCUT2D eigenvalue weighted by Crippen LogP contribution is -2.40. The fraction of sp³-hybridized carbons (Fsp3) is 0.400. The molecule has 5 rings (SSSR count). The Labute approximate surface area is 198 Å². The molecule has 1 aliphatic heterocycles. The van der Waals surface area contributed by atoms with Gasteiger partial charge in [0.05, 0.1) is 11.3 Å². The number of aryl methyl sites for hydroxylation is 2. The zero-order chi connectivity index (χ0) is 23.7. The molecule has 1 unspecified atom stereocenters. The summed E-state index contributed by atoms with van der Waals surface area (Å²) in [6, 6.07) is 11.8. The van der Waals surface area contributed by atoms with Gasteiger partial charge in [-0.05, 0) is 51.7 Å². The van der Waals surface area contributed by atoms with Crippen LogP contribution < -0.4 is 0 Å². The third-order valence-corrected chi connectivity index (χ3v) is 6.59. The van der Waals surface area contributed by atoms with Crippen molar-refractivity contribution in [3.05, 3.63) is 65.6 Å². The Balaban J connectivity index is 1.30. The van der Waals surface area contributed by atoms with Gasteiger partial charge in [0.1, 0.15) is 12.2 Å². The predicted molar refractivity (Wildman–Crippen MR) is 127 cm³/mol. The van der Waals surface area contributed by atoms with Gasteiger partial charge in [0.2, 0.25) is 0 Å². The van der Waals surface area contributed by atoms with Crippen molar-refractivity contribution in [3.8, 4) is 17.0 Å². The Morgan fingerprint density at radius 3 is 2.79 bits per heavy atom. The first-order valence-electron chi connectivity index (χ1n) is 11.8. The van der Waals surface area contributed by atoms with Gasteiger partial charge in [-0.25, -0.2) is 0 Å². The molecule has 0 bridgehead atoms. The zero-order valence-corrected chi connectivity index (χ0v) is 19.8. The van der Waals surface area contributed by atoms with Crippen LogP contribution in [-0.4, -0.2) is 53.6 Å².